The van der Waals surface area contributed by atoms with Gasteiger partial charge in [0.15, 0.2) is 0 Å². The van der Waals surface area contributed by atoms with Crippen LogP contribution in [-0.2, 0) is 9.53 Å². The molecule has 0 heterocycles. The van der Waals surface area contributed by atoms with Gasteiger partial charge < -0.3 is 20.5 Å². The molecule has 2 amide bonds. The average Bonchev–Trinajstić information content (AvgIpc) is 2.37. The van der Waals surface area contributed by atoms with E-state index in [2.05, 4.69) is 10.6 Å². The molecule has 1 aliphatic carbocycles. The molecule has 19 heavy (non-hydrogen) atoms. The zero-order valence-electron chi connectivity index (χ0n) is 11.7. The van der Waals surface area contributed by atoms with Crippen LogP contribution in [0.3, 0.4) is 0 Å². The summed E-state index contributed by atoms with van der Waals surface area (Å²) in [7, 11) is 1.60. The van der Waals surface area contributed by atoms with Gasteiger partial charge in [0.1, 0.15) is 5.54 Å². The Morgan fingerprint density at radius 2 is 2.16 bits per heavy atom. The normalized spacial score (nSPS) is 26.7. The second-order valence-corrected chi connectivity index (χ2v) is 5.15. The molecule has 0 radical (unpaired) electrons. The standard InChI is InChI=1S/C13H24N2O4/c1-10-6-3-4-7-13(10,11(16)17)15-12(18)14-8-5-9-19-2/h10H,3-9H2,1-2H3,(H,16,17)(H2,14,15,18). The highest BCUT2D eigenvalue weighted by molar-refractivity contribution is 5.86. The lowest BCUT2D eigenvalue weighted by molar-refractivity contribution is -0.148. The topological polar surface area (TPSA) is 87.7 Å². The summed E-state index contributed by atoms with van der Waals surface area (Å²) >= 11 is 0. The molecule has 1 fully saturated rings. The fraction of sp³-hybridized carbons (Fsp3) is 0.846. The van der Waals surface area contributed by atoms with Gasteiger partial charge in [0.2, 0.25) is 0 Å². The van der Waals surface area contributed by atoms with Crippen LogP contribution in [0.15, 0.2) is 0 Å². The number of amides is 2. The fourth-order valence-electron chi connectivity index (χ4n) is 2.57. The molecule has 0 aromatic heterocycles. The number of carboxylic acids is 1. The summed E-state index contributed by atoms with van der Waals surface area (Å²) in [6, 6.07) is -0.410. The number of aliphatic carboxylic acids is 1. The number of hydrogen-bond donors (Lipinski definition) is 3. The third kappa shape index (κ3) is 4.09. The van der Waals surface area contributed by atoms with Crippen molar-refractivity contribution in [3.63, 3.8) is 0 Å². The smallest absolute Gasteiger partial charge is 0.329 e. The first-order chi connectivity index (χ1) is 9.03. The maximum Gasteiger partial charge on any atom is 0.329 e. The number of nitrogens with one attached hydrogen (secondary N) is 2. The minimum Gasteiger partial charge on any atom is -0.479 e. The van der Waals surface area contributed by atoms with Crippen LogP contribution in [0.25, 0.3) is 0 Å². The minimum atomic E-state index is -1.12. The maximum absolute atomic E-state index is 11.8. The van der Waals surface area contributed by atoms with Crippen LogP contribution in [0.2, 0.25) is 0 Å². The molecular formula is C13H24N2O4. The summed E-state index contributed by atoms with van der Waals surface area (Å²) in [5.41, 5.74) is -1.12. The van der Waals surface area contributed by atoms with E-state index in [0.29, 0.717) is 26.0 Å². The first kappa shape index (κ1) is 15.8. The van der Waals surface area contributed by atoms with Crippen LogP contribution >= 0.6 is 0 Å². The molecule has 1 aliphatic rings. The van der Waals surface area contributed by atoms with Gasteiger partial charge in [-0.1, -0.05) is 19.8 Å². The largest absolute Gasteiger partial charge is 0.479 e. The van der Waals surface area contributed by atoms with E-state index in [1.165, 1.54) is 0 Å². The first-order valence-electron chi connectivity index (χ1n) is 6.81. The van der Waals surface area contributed by atoms with Gasteiger partial charge in [-0.05, 0) is 25.2 Å². The van der Waals surface area contributed by atoms with Gasteiger partial charge in [0.05, 0.1) is 0 Å². The molecule has 0 spiro atoms. The van der Waals surface area contributed by atoms with Crippen LogP contribution in [0.1, 0.15) is 39.0 Å². The van der Waals surface area contributed by atoms with Crippen LogP contribution in [0.4, 0.5) is 4.79 Å². The Bertz CT molecular complexity index is 322. The number of ether oxygens (including phenoxy) is 1. The fourth-order valence-corrected chi connectivity index (χ4v) is 2.57. The average molecular weight is 272 g/mol. The Balaban J connectivity index is 2.53. The van der Waals surface area contributed by atoms with Gasteiger partial charge in [-0.15, -0.1) is 0 Å². The second kappa shape index (κ2) is 7.33. The van der Waals surface area contributed by atoms with E-state index in [1.807, 2.05) is 6.92 Å². The van der Waals surface area contributed by atoms with Gasteiger partial charge in [-0.2, -0.15) is 0 Å². The summed E-state index contributed by atoms with van der Waals surface area (Å²) in [4.78, 5) is 23.3. The van der Waals surface area contributed by atoms with Crippen molar-refractivity contribution >= 4 is 12.0 Å². The molecule has 1 rings (SSSR count). The molecule has 0 bridgehead atoms. The van der Waals surface area contributed by atoms with E-state index in [4.69, 9.17) is 4.74 Å². The number of hydrogen-bond acceptors (Lipinski definition) is 3. The molecule has 6 heteroatoms. The van der Waals surface area contributed by atoms with Crippen LogP contribution in [-0.4, -0.2) is 42.9 Å². The molecule has 110 valence electrons. The van der Waals surface area contributed by atoms with Gasteiger partial charge in [-0.3, -0.25) is 0 Å². The second-order valence-electron chi connectivity index (χ2n) is 5.15. The SMILES string of the molecule is COCCCNC(=O)NC1(C(=O)O)CCCCC1C. The van der Waals surface area contributed by atoms with Crippen molar-refractivity contribution < 1.29 is 19.4 Å². The van der Waals surface area contributed by atoms with Crippen molar-refractivity contribution in [2.45, 2.75) is 44.6 Å². The molecule has 0 aromatic carbocycles. The van der Waals surface area contributed by atoms with Gasteiger partial charge in [0, 0.05) is 20.3 Å². The van der Waals surface area contributed by atoms with Crippen LogP contribution in [0, 0.1) is 5.92 Å². The molecular weight excluding hydrogens is 248 g/mol. The minimum absolute atomic E-state index is 0.0523. The highest BCUT2D eigenvalue weighted by atomic mass is 16.5. The molecule has 0 aromatic rings. The lowest BCUT2D eigenvalue weighted by atomic mass is 9.73. The Kier molecular flexibility index (Phi) is 6.08. The quantitative estimate of drug-likeness (QED) is 0.637. The number of methoxy groups -OCH3 is 1. The molecule has 3 N–H and O–H groups in total. The highest BCUT2D eigenvalue weighted by Gasteiger charge is 2.46. The van der Waals surface area contributed by atoms with Gasteiger partial charge in [-0.25, -0.2) is 9.59 Å². The Morgan fingerprint density at radius 1 is 1.42 bits per heavy atom. The highest BCUT2D eigenvalue weighted by Crippen LogP contribution is 2.33. The van der Waals surface area contributed by atoms with E-state index in [9.17, 15) is 14.7 Å². The van der Waals surface area contributed by atoms with Crippen molar-refractivity contribution in [2.24, 2.45) is 5.92 Å². The molecule has 0 aliphatic heterocycles. The van der Waals surface area contributed by atoms with E-state index in [0.717, 1.165) is 19.3 Å². The number of carbonyl (C=O) groups excluding carboxylic acids is 1. The van der Waals surface area contributed by atoms with E-state index < -0.39 is 17.5 Å². The van der Waals surface area contributed by atoms with E-state index >= 15 is 0 Å². The molecule has 0 saturated heterocycles. The van der Waals surface area contributed by atoms with Crippen LogP contribution < -0.4 is 10.6 Å². The summed E-state index contributed by atoms with van der Waals surface area (Å²) in [5.74, 6) is -0.991. The maximum atomic E-state index is 11.8. The molecule has 1 saturated carbocycles. The predicted molar refractivity (Wildman–Crippen MR) is 71.0 cm³/mol. The summed E-state index contributed by atoms with van der Waals surface area (Å²) in [5, 5.41) is 14.8. The third-order valence-corrected chi connectivity index (χ3v) is 3.83. The first-order valence-corrected chi connectivity index (χ1v) is 6.81. The number of rotatable bonds is 6. The number of carbonyl (C=O) groups is 2. The Hall–Kier alpha value is -1.30. The lowest BCUT2D eigenvalue weighted by Gasteiger charge is -2.39. The zero-order valence-corrected chi connectivity index (χ0v) is 11.7. The summed E-state index contributed by atoms with van der Waals surface area (Å²) in [6.45, 7) is 2.93. The summed E-state index contributed by atoms with van der Waals surface area (Å²) in [6.07, 6.45) is 3.89. The van der Waals surface area contributed by atoms with Gasteiger partial charge >= 0.3 is 12.0 Å². The number of carboxylic acid groups (broad SMARTS) is 1. The third-order valence-electron chi connectivity index (χ3n) is 3.83. The molecule has 6 nitrogen and oxygen atoms in total. The Morgan fingerprint density at radius 3 is 2.74 bits per heavy atom. The zero-order chi connectivity index (χ0) is 14.3. The van der Waals surface area contributed by atoms with Crippen molar-refractivity contribution in [2.75, 3.05) is 20.3 Å². The van der Waals surface area contributed by atoms with Crippen molar-refractivity contribution in [3.05, 3.63) is 0 Å². The van der Waals surface area contributed by atoms with Gasteiger partial charge in [0.25, 0.3) is 0 Å². The van der Waals surface area contributed by atoms with Crippen LogP contribution in [0.5, 0.6) is 0 Å². The summed E-state index contributed by atoms with van der Waals surface area (Å²) < 4.78 is 4.88. The van der Waals surface area contributed by atoms with E-state index in [1.54, 1.807) is 7.11 Å². The Labute approximate surface area is 113 Å². The van der Waals surface area contributed by atoms with Crippen molar-refractivity contribution in [1.29, 1.82) is 0 Å². The monoisotopic (exact) mass is 272 g/mol. The van der Waals surface area contributed by atoms with E-state index in [-0.39, 0.29) is 5.92 Å². The lowest BCUT2D eigenvalue weighted by Crippen LogP contribution is -2.61. The molecule has 2 unspecified atom stereocenters. The molecule has 2 atom stereocenters. The predicted octanol–water partition coefficient (Wildman–Crippen LogP) is 1.36. The van der Waals surface area contributed by atoms with Crippen molar-refractivity contribution in [1.82, 2.24) is 10.6 Å². The van der Waals surface area contributed by atoms with Crippen molar-refractivity contribution in [3.8, 4) is 0 Å². The number of urea groups is 1.